The summed E-state index contributed by atoms with van der Waals surface area (Å²) < 4.78 is 1.91. The molecule has 5 heteroatoms. The van der Waals surface area contributed by atoms with Crippen molar-refractivity contribution in [2.75, 3.05) is 6.54 Å². The number of benzene rings is 1. The first-order chi connectivity index (χ1) is 10.2. The van der Waals surface area contributed by atoms with Gasteiger partial charge in [0.05, 0.1) is 11.2 Å². The van der Waals surface area contributed by atoms with Crippen LogP contribution < -0.4 is 10.6 Å². The van der Waals surface area contributed by atoms with Gasteiger partial charge < -0.3 is 10.6 Å². The molecular formula is C16H22N4O. The van der Waals surface area contributed by atoms with Gasteiger partial charge in [-0.1, -0.05) is 18.2 Å². The van der Waals surface area contributed by atoms with E-state index in [0.717, 1.165) is 43.6 Å². The van der Waals surface area contributed by atoms with Gasteiger partial charge in [-0.05, 0) is 31.9 Å². The van der Waals surface area contributed by atoms with E-state index in [1.807, 2.05) is 23.9 Å². The Morgan fingerprint density at radius 3 is 3.00 bits per heavy atom. The van der Waals surface area contributed by atoms with Crippen LogP contribution in [-0.4, -0.2) is 28.3 Å². The molecule has 0 radical (unpaired) electrons. The topological polar surface area (TPSA) is 59.0 Å². The first-order valence-electron chi connectivity index (χ1n) is 7.65. The van der Waals surface area contributed by atoms with E-state index in [-0.39, 0.29) is 5.91 Å². The van der Waals surface area contributed by atoms with Gasteiger partial charge in [-0.15, -0.1) is 0 Å². The van der Waals surface area contributed by atoms with Crippen molar-refractivity contribution >= 4 is 16.8 Å². The third kappa shape index (κ3) is 3.61. The number of aromatic nitrogens is 2. The minimum atomic E-state index is 0.183. The zero-order chi connectivity index (χ0) is 14.7. The van der Waals surface area contributed by atoms with Crippen LogP contribution in [0, 0.1) is 0 Å². The van der Waals surface area contributed by atoms with Gasteiger partial charge in [-0.25, -0.2) is 0 Å². The van der Waals surface area contributed by atoms with Gasteiger partial charge in [0.1, 0.15) is 0 Å². The molecule has 21 heavy (non-hydrogen) atoms. The van der Waals surface area contributed by atoms with Crippen LogP contribution in [-0.2, 0) is 18.4 Å². The highest BCUT2D eigenvalue weighted by atomic mass is 16.1. The molecule has 1 aromatic heterocycles. The highest BCUT2D eigenvalue weighted by Gasteiger charge is 2.22. The molecule has 2 aromatic rings. The molecule has 1 heterocycles. The molecule has 1 amide bonds. The lowest BCUT2D eigenvalue weighted by atomic mass is 10.2. The van der Waals surface area contributed by atoms with Crippen molar-refractivity contribution in [3.8, 4) is 0 Å². The van der Waals surface area contributed by atoms with Crippen LogP contribution in [0.5, 0.6) is 0 Å². The predicted molar refractivity (Wildman–Crippen MR) is 82.8 cm³/mol. The molecule has 1 aromatic carbocycles. The van der Waals surface area contributed by atoms with E-state index in [2.05, 4.69) is 27.9 Å². The Morgan fingerprint density at radius 1 is 1.38 bits per heavy atom. The largest absolute Gasteiger partial charge is 0.353 e. The van der Waals surface area contributed by atoms with E-state index >= 15 is 0 Å². The summed E-state index contributed by atoms with van der Waals surface area (Å²) in [6.45, 7) is 1.58. The number of carbonyl (C=O) groups excluding carboxylic acids is 1. The van der Waals surface area contributed by atoms with Crippen LogP contribution in [0.4, 0.5) is 0 Å². The summed E-state index contributed by atoms with van der Waals surface area (Å²) >= 11 is 0. The van der Waals surface area contributed by atoms with Crippen LogP contribution in [0.3, 0.4) is 0 Å². The zero-order valence-electron chi connectivity index (χ0n) is 12.4. The van der Waals surface area contributed by atoms with E-state index in [0.29, 0.717) is 12.5 Å². The molecule has 5 nitrogen and oxygen atoms in total. The number of nitrogens with one attached hydrogen (secondary N) is 2. The molecule has 0 aliphatic heterocycles. The van der Waals surface area contributed by atoms with Crippen LogP contribution in [0.2, 0.25) is 0 Å². The number of hydrogen-bond donors (Lipinski definition) is 2. The highest BCUT2D eigenvalue weighted by Crippen LogP contribution is 2.19. The number of aryl methyl sites for hydroxylation is 1. The summed E-state index contributed by atoms with van der Waals surface area (Å²) in [5.74, 6) is 0.183. The van der Waals surface area contributed by atoms with Crippen molar-refractivity contribution < 1.29 is 4.79 Å². The van der Waals surface area contributed by atoms with Crippen molar-refractivity contribution in [1.29, 1.82) is 0 Å². The maximum Gasteiger partial charge on any atom is 0.220 e. The second-order valence-corrected chi connectivity index (χ2v) is 5.71. The number of hydrogen-bond acceptors (Lipinski definition) is 3. The van der Waals surface area contributed by atoms with Gasteiger partial charge in [-0.2, -0.15) is 5.10 Å². The second kappa shape index (κ2) is 6.26. The lowest BCUT2D eigenvalue weighted by Crippen LogP contribution is -2.26. The quantitative estimate of drug-likeness (QED) is 0.762. The Morgan fingerprint density at radius 2 is 2.19 bits per heavy atom. The molecule has 0 spiro atoms. The standard InChI is InChI=1S/C16H22N4O/c1-20-15-6-3-2-5-13(15)14(19-20)11-17-10-4-7-16(21)18-12-8-9-12/h2-3,5-6,12,17H,4,7-11H2,1H3,(H,18,21). The Kier molecular flexibility index (Phi) is 4.20. The van der Waals surface area contributed by atoms with E-state index in [9.17, 15) is 4.79 Å². The Bertz CT molecular complexity index is 630. The van der Waals surface area contributed by atoms with E-state index < -0.39 is 0 Å². The fourth-order valence-corrected chi connectivity index (χ4v) is 2.53. The molecule has 1 saturated carbocycles. The average Bonchev–Trinajstić information content (AvgIpc) is 3.23. The zero-order valence-corrected chi connectivity index (χ0v) is 12.4. The summed E-state index contributed by atoms with van der Waals surface area (Å²) in [6.07, 6.45) is 3.77. The average molecular weight is 286 g/mol. The maximum absolute atomic E-state index is 11.6. The number of rotatable bonds is 7. The van der Waals surface area contributed by atoms with Gasteiger partial charge in [0, 0.05) is 31.4 Å². The molecule has 0 unspecified atom stereocenters. The number of amides is 1. The van der Waals surface area contributed by atoms with Crippen molar-refractivity contribution in [3.05, 3.63) is 30.0 Å². The number of fused-ring (bicyclic) bond motifs is 1. The van der Waals surface area contributed by atoms with Crippen LogP contribution in [0.15, 0.2) is 24.3 Å². The van der Waals surface area contributed by atoms with Crippen molar-refractivity contribution in [2.45, 2.75) is 38.3 Å². The molecule has 0 bridgehead atoms. The Balaban J connectivity index is 1.43. The smallest absolute Gasteiger partial charge is 0.220 e. The number of nitrogens with zero attached hydrogens (tertiary/aromatic N) is 2. The third-order valence-corrected chi connectivity index (χ3v) is 3.83. The summed E-state index contributed by atoms with van der Waals surface area (Å²) in [4.78, 5) is 11.6. The van der Waals surface area contributed by atoms with Crippen LogP contribution >= 0.6 is 0 Å². The maximum atomic E-state index is 11.6. The number of carbonyl (C=O) groups is 1. The summed E-state index contributed by atoms with van der Waals surface area (Å²) in [5.41, 5.74) is 2.22. The fourth-order valence-electron chi connectivity index (χ4n) is 2.53. The molecule has 2 N–H and O–H groups in total. The summed E-state index contributed by atoms with van der Waals surface area (Å²) in [7, 11) is 1.97. The monoisotopic (exact) mass is 286 g/mol. The van der Waals surface area contributed by atoms with Gasteiger partial charge in [-0.3, -0.25) is 9.48 Å². The molecule has 0 saturated heterocycles. The lowest BCUT2D eigenvalue weighted by Gasteiger charge is -2.04. The van der Waals surface area contributed by atoms with Gasteiger partial charge in [0.2, 0.25) is 5.91 Å². The minimum absolute atomic E-state index is 0.183. The minimum Gasteiger partial charge on any atom is -0.353 e. The van der Waals surface area contributed by atoms with Gasteiger partial charge >= 0.3 is 0 Å². The normalized spacial score (nSPS) is 14.5. The lowest BCUT2D eigenvalue weighted by molar-refractivity contribution is -0.121. The highest BCUT2D eigenvalue weighted by molar-refractivity contribution is 5.81. The molecule has 0 atom stereocenters. The third-order valence-electron chi connectivity index (χ3n) is 3.83. The summed E-state index contributed by atoms with van der Waals surface area (Å²) in [5, 5.41) is 12.1. The Hall–Kier alpha value is -1.88. The molecule has 1 aliphatic rings. The van der Waals surface area contributed by atoms with Gasteiger partial charge in [0.25, 0.3) is 0 Å². The second-order valence-electron chi connectivity index (χ2n) is 5.71. The van der Waals surface area contributed by atoms with Crippen molar-refractivity contribution in [2.24, 2.45) is 7.05 Å². The van der Waals surface area contributed by atoms with Crippen molar-refractivity contribution in [3.63, 3.8) is 0 Å². The Labute approximate surface area is 124 Å². The molecule has 1 fully saturated rings. The first kappa shape index (κ1) is 14.1. The molecular weight excluding hydrogens is 264 g/mol. The molecule has 3 rings (SSSR count). The molecule has 1 aliphatic carbocycles. The summed E-state index contributed by atoms with van der Waals surface area (Å²) in [6, 6.07) is 8.71. The fraction of sp³-hybridized carbons (Fsp3) is 0.500. The van der Waals surface area contributed by atoms with Crippen molar-refractivity contribution in [1.82, 2.24) is 20.4 Å². The molecule has 112 valence electrons. The van der Waals surface area contributed by atoms with Gasteiger partial charge in [0.15, 0.2) is 0 Å². The van der Waals surface area contributed by atoms with Crippen LogP contribution in [0.25, 0.3) is 10.9 Å². The van der Waals surface area contributed by atoms with Crippen LogP contribution in [0.1, 0.15) is 31.4 Å². The predicted octanol–water partition coefficient (Wildman–Crippen LogP) is 1.72. The van der Waals surface area contributed by atoms with E-state index in [4.69, 9.17) is 0 Å². The SMILES string of the molecule is Cn1nc(CNCCCC(=O)NC2CC2)c2ccccc21. The van der Waals surface area contributed by atoms with E-state index in [1.165, 1.54) is 5.39 Å². The first-order valence-corrected chi connectivity index (χ1v) is 7.65. The number of para-hydroxylation sites is 1. The van der Waals surface area contributed by atoms with E-state index in [1.54, 1.807) is 0 Å².